The van der Waals surface area contributed by atoms with Gasteiger partial charge in [-0.05, 0) is 31.2 Å². The molecule has 1 heterocycles. The van der Waals surface area contributed by atoms with Crippen LogP contribution in [0, 0.1) is 23.0 Å². The molecule has 0 atom stereocenters. The molecule has 0 bridgehead atoms. The first-order valence-electron chi connectivity index (χ1n) is 9.32. The van der Waals surface area contributed by atoms with E-state index in [1.807, 2.05) is 0 Å². The normalized spacial score (nSPS) is 19.4. The van der Waals surface area contributed by atoms with Gasteiger partial charge < -0.3 is 4.90 Å². The van der Waals surface area contributed by atoms with Crippen molar-refractivity contribution in [2.45, 2.75) is 43.9 Å². The van der Waals surface area contributed by atoms with Gasteiger partial charge in [0.1, 0.15) is 0 Å². The first kappa shape index (κ1) is 19.8. The molecule has 8 nitrogen and oxygen atoms in total. The highest BCUT2D eigenvalue weighted by Crippen LogP contribution is 2.29. The number of piperazine rings is 1. The lowest BCUT2D eigenvalue weighted by Crippen LogP contribution is -2.50. The van der Waals surface area contributed by atoms with Crippen LogP contribution in [0.25, 0.3) is 0 Å². The van der Waals surface area contributed by atoms with Gasteiger partial charge in [0.25, 0.3) is 5.69 Å². The minimum absolute atomic E-state index is 0.0394. The van der Waals surface area contributed by atoms with Crippen LogP contribution < -0.4 is 0 Å². The number of rotatable bonds is 5. The molecule has 3 rings (SSSR count). The lowest BCUT2D eigenvalue weighted by atomic mass is 10.0. The molecule has 1 saturated heterocycles. The molecule has 9 heteroatoms. The number of nitro groups is 1. The largest absolute Gasteiger partial charge is 0.340 e. The van der Waals surface area contributed by atoms with Crippen molar-refractivity contribution in [3.05, 3.63) is 33.9 Å². The van der Waals surface area contributed by atoms with E-state index in [0.29, 0.717) is 31.0 Å². The molecule has 27 heavy (non-hydrogen) atoms. The van der Waals surface area contributed by atoms with E-state index in [9.17, 15) is 23.3 Å². The number of carbonyl (C=O) groups excluding carboxylic acids is 1. The Morgan fingerprint density at radius 1 is 1.19 bits per heavy atom. The fourth-order valence-electron chi connectivity index (χ4n) is 3.89. The predicted octanol–water partition coefficient (Wildman–Crippen LogP) is 2.32. The smallest absolute Gasteiger partial charge is 0.270 e. The molecule has 1 aromatic rings. The molecule has 148 valence electrons. The van der Waals surface area contributed by atoms with Crippen LogP contribution in [0.1, 0.15) is 37.7 Å². The van der Waals surface area contributed by atoms with E-state index in [-0.39, 0.29) is 29.6 Å². The first-order chi connectivity index (χ1) is 12.8. The maximum atomic E-state index is 12.9. The number of nitro benzene ring substituents is 1. The minimum Gasteiger partial charge on any atom is -0.340 e. The quantitative estimate of drug-likeness (QED) is 0.562. The number of amides is 1. The lowest BCUT2D eigenvalue weighted by Gasteiger charge is -2.34. The van der Waals surface area contributed by atoms with Gasteiger partial charge in [-0.25, -0.2) is 8.42 Å². The summed E-state index contributed by atoms with van der Waals surface area (Å²) in [5.41, 5.74) is 0.227. The van der Waals surface area contributed by atoms with Gasteiger partial charge in [0.05, 0.1) is 9.82 Å². The highest BCUT2D eigenvalue weighted by atomic mass is 32.2. The number of hydrogen-bond donors (Lipinski definition) is 0. The van der Waals surface area contributed by atoms with Crippen molar-refractivity contribution >= 4 is 21.6 Å². The summed E-state index contributed by atoms with van der Waals surface area (Å²) in [7, 11) is -3.83. The number of nitrogens with zero attached hydrogens (tertiary/aromatic N) is 3. The van der Waals surface area contributed by atoms with Crippen molar-refractivity contribution in [2.75, 3.05) is 26.2 Å². The Labute approximate surface area is 159 Å². The average molecular weight is 395 g/mol. The fourth-order valence-corrected chi connectivity index (χ4v) is 5.55. The number of hydrogen-bond acceptors (Lipinski definition) is 5. The Morgan fingerprint density at radius 3 is 2.41 bits per heavy atom. The van der Waals surface area contributed by atoms with Crippen LogP contribution in [-0.2, 0) is 14.8 Å². The molecular weight excluding hydrogens is 370 g/mol. The third kappa shape index (κ3) is 4.30. The molecule has 1 aromatic carbocycles. The first-order valence-corrected chi connectivity index (χ1v) is 10.8. The van der Waals surface area contributed by atoms with Crippen molar-refractivity contribution in [3.63, 3.8) is 0 Å². The number of carbonyl (C=O) groups is 1. The zero-order chi connectivity index (χ0) is 19.6. The molecule has 1 amide bonds. The molecule has 2 aliphatic rings. The highest BCUT2D eigenvalue weighted by molar-refractivity contribution is 7.89. The van der Waals surface area contributed by atoms with Gasteiger partial charge >= 0.3 is 0 Å². The Hall–Kier alpha value is -2.00. The van der Waals surface area contributed by atoms with Gasteiger partial charge in [-0.15, -0.1) is 0 Å². The molecule has 0 aromatic heterocycles. The van der Waals surface area contributed by atoms with E-state index >= 15 is 0 Å². The molecular formula is C18H25N3O5S. The molecule has 2 fully saturated rings. The molecule has 1 aliphatic heterocycles. The topological polar surface area (TPSA) is 101 Å². The van der Waals surface area contributed by atoms with E-state index in [1.165, 1.54) is 29.3 Å². The van der Waals surface area contributed by atoms with E-state index in [0.717, 1.165) is 18.9 Å². The lowest BCUT2D eigenvalue weighted by molar-refractivity contribution is -0.385. The van der Waals surface area contributed by atoms with Gasteiger partial charge in [-0.1, -0.05) is 18.9 Å². The molecule has 0 unspecified atom stereocenters. The monoisotopic (exact) mass is 395 g/mol. The molecule has 1 aliphatic carbocycles. The van der Waals surface area contributed by atoms with Crippen LogP contribution in [0.15, 0.2) is 23.1 Å². The number of aryl methyl sites for hydroxylation is 1. The third-order valence-corrected chi connectivity index (χ3v) is 7.57. The zero-order valence-corrected chi connectivity index (χ0v) is 16.3. The zero-order valence-electron chi connectivity index (χ0n) is 15.5. The van der Waals surface area contributed by atoms with Crippen LogP contribution >= 0.6 is 0 Å². The number of sulfonamides is 1. The number of benzene rings is 1. The van der Waals surface area contributed by atoms with Crippen molar-refractivity contribution in [1.82, 2.24) is 9.21 Å². The molecule has 0 N–H and O–H groups in total. The summed E-state index contributed by atoms with van der Waals surface area (Å²) >= 11 is 0. The summed E-state index contributed by atoms with van der Waals surface area (Å²) in [5, 5.41) is 11.0. The van der Waals surface area contributed by atoms with Gasteiger partial charge in [-0.2, -0.15) is 4.31 Å². The second-order valence-electron chi connectivity index (χ2n) is 7.35. The van der Waals surface area contributed by atoms with Crippen molar-refractivity contribution in [1.29, 1.82) is 0 Å². The standard InChI is InChI=1S/C18H25N3O5S/c1-14-6-7-16(21(23)24)13-17(14)27(25,26)20-10-8-19(9-11-20)18(22)12-15-4-2-3-5-15/h6-7,13,15H,2-5,8-12H2,1H3. The fraction of sp³-hybridized carbons (Fsp3) is 0.611. The number of non-ortho nitro benzene ring substituents is 1. The molecule has 1 saturated carbocycles. The SMILES string of the molecule is Cc1ccc([N+](=O)[O-])cc1S(=O)(=O)N1CCN(C(=O)CC2CCCC2)CC1. The summed E-state index contributed by atoms with van der Waals surface area (Å²) in [6, 6.07) is 3.86. The Bertz CT molecular complexity index is 825. The van der Waals surface area contributed by atoms with Crippen molar-refractivity contribution in [3.8, 4) is 0 Å². The van der Waals surface area contributed by atoms with Crippen LogP contribution in [0.4, 0.5) is 5.69 Å². The Morgan fingerprint density at radius 2 is 1.81 bits per heavy atom. The predicted molar refractivity (Wildman–Crippen MR) is 99.7 cm³/mol. The highest BCUT2D eigenvalue weighted by Gasteiger charge is 2.32. The second kappa shape index (κ2) is 7.93. The maximum Gasteiger partial charge on any atom is 0.270 e. The van der Waals surface area contributed by atoms with Crippen molar-refractivity contribution < 1.29 is 18.1 Å². The average Bonchev–Trinajstić information content (AvgIpc) is 3.14. The van der Waals surface area contributed by atoms with E-state index in [2.05, 4.69) is 0 Å². The third-order valence-electron chi connectivity index (χ3n) is 5.53. The van der Waals surface area contributed by atoms with Crippen LogP contribution in [0.3, 0.4) is 0 Å². The Balaban J connectivity index is 1.67. The maximum absolute atomic E-state index is 12.9. The van der Waals surface area contributed by atoms with Gasteiger partial charge in [-0.3, -0.25) is 14.9 Å². The van der Waals surface area contributed by atoms with Gasteiger partial charge in [0.2, 0.25) is 15.9 Å². The van der Waals surface area contributed by atoms with Crippen LogP contribution in [-0.4, -0.2) is 54.6 Å². The van der Waals surface area contributed by atoms with Crippen molar-refractivity contribution in [2.24, 2.45) is 5.92 Å². The molecule has 0 radical (unpaired) electrons. The summed E-state index contributed by atoms with van der Waals surface area (Å²) in [5.74, 6) is 0.567. The van der Waals surface area contributed by atoms with E-state index in [1.54, 1.807) is 11.8 Å². The summed E-state index contributed by atoms with van der Waals surface area (Å²) < 4.78 is 27.2. The Kier molecular flexibility index (Phi) is 5.81. The van der Waals surface area contributed by atoms with Crippen LogP contribution in [0.2, 0.25) is 0 Å². The minimum atomic E-state index is -3.83. The molecule has 0 spiro atoms. The van der Waals surface area contributed by atoms with E-state index < -0.39 is 14.9 Å². The van der Waals surface area contributed by atoms with Crippen LogP contribution in [0.5, 0.6) is 0 Å². The van der Waals surface area contributed by atoms with E-state index in [4.69, 9.17) is 0 Å². The second-order valence-corrected chi connectivity index (χ2v) is 9.25. The summed E-state index contributed by atoms with van der Waals surface area (Å²) in [6.07, 6.45) is 5.13. The van der Waals surface area contributed by atoms with Gasteiger partial charge in [0.15, 0.2) is 0 Å². The summed E-state index contributed by atoms with van der Waals surface area (Å²) in [6.45, 7) is 2.76. The van der Waals surface area contributed by atoms with Gasteiger partial charge in [0, 0.05) is 44.7 Å². The summed E-state index contributed by atoms with van der Waals surface area (Å²) in [4.78, 5) is 24.5.